The largest absolute Gasteiger partial charge is 0.492 e. The van der Waals surface area contributed by atoms with E-state index in [4.69, 9.17) is 21.3 Å². The first-order valence-corrected chi connectivity index (χ1v) is 12.0. The van der Waals surface area contributed by atoms with E-state index in [2.05, 4.69) is 16.0 Å². The Balaban J connectivity index is 1.39. The van der Waals surface area contributed by atoms with Crippen LogP contribution in [-0.4, -0.2) is 28.6 Å². The molecule has 4 rings (SSSR count). The molecule has 0 aliphatic carbocycles. The fourth-order valence-electron chi connectivity index (χ4n) is 4.18. The Kier molecular flexibility index (Phi) is 7.53. The van der Waals surface area contributed by atoms with E-state index in [1.165, 1.54) is 0 Å². The zero-order chi connectivity index (χ0) is 24.1. The highest BCUT2D eigenvalue weighted by molar-refractivity contribution is 6.32. The fourth-order valence-corrected chi connectivity index (χ4v) is 4.29. The van der Waals surface area contributed by atoms with Gasteiger partial charge in [-0.05, 0) is 74.2 Å². The lowest BCUT2D eigenvalue weighted by Crippen LogP contribution is -2.25. The summed E-state index contributed by atoms with van der Waals surface area (Å²) in [5.41, 5.74) is 5.79. The fraction of sp³-hybridized carbons (Fsp3) is 0.286. The summed E-state index contributed by atoms with van der Waals surface area (Å²) in [5.74, 6) is 1.79. The van der Waals surface area contributed by atoms with E-state index in [9.17, 15) is 4.79 Å². The summed E-state index contributed by atoms with van der Waals surface area (Å²) in [5, 5.41) is 3.81. The average molecular weight is 476 g/mol. The lowest BCUT2D eigenvalue weighted by Gasteiger charge is -2.13. The Morgan fingerprint density at radius 3 is 2.47 bits per heavy atom. The first-order valence-electron chi connectivity index (χ1n) is 11.6. The molecule has 0 saturated carbocycles. The van der Waals surface area contributed by atoms with Crippen LogP contribution in [0.2, 0.25) is 5.02 Å². The highest BCUT2D eigenvalue weighted by Gasteiger charge is 2.12. The Bertz CT molecular complexity index is 1290. The number of hydrogen-bond acceptors (Lipinski definition) is 3. The van der Waals surface area contributed by atoms with Crippen LogP contribution in [0.3, 0.4) is 0 Å². The number of aromatic nitrogens is 2. The number of amides is 1. The van der Waals surface area contributed by atoms with Crippen molar-refractivity contribution in [3.63, 3.8) is 0 Å². The van der Waals surface area contributed by atoms with E-state index < -0.39 is 0 Å². The molecule has 0 unspecified atom stereocenters. The van der Waals surface area contributed by atoms with Gasteiger partial charge in [0.05, 0.1) is 17.6 Å². The number of nitrogens with one attached hydrogen (secondary N) is 1. The quantitative estimate of drug-likeness (QED) is 0.299. The van der Waals surface area contributed by atoms with Crippen LogP contribution in [0.15, 0.2) is 60.7 Å². The number of benzene rings is 3. The average Bonchev–Trinajstić information content (AvgIpc) is 3.18. The van der Waals surface area contributed by atoms with Gasteiger partial charge in [-0.2, -0.15) is 0 Å². The molecule has 0 saturated heterocycles. The van der Waals surface area contributed by atoms with Crippen LogP contribution >= 0.6 is 11.6 Å². The van der Waals surface area contributed by atoms with E-state index >= 15 is 0 Å². The van der Waals surface area contributed by atoms with Crippen molar-refractivity contribution >= 4 is 28.5 Å². The number of carbonyl (C=O) groups is 1. The second-order valence-corrected chi connectivity index (χ2v) is 8.94. The minimum atomic E-state index is -0.0337. The monoisotopic (exact) mass is 475 g/mol. The van der Waals surface area contributed by atoms with Crippen molar-refractivity contribution in [2.45, 2.75) is 40.2 Å². The van der Waals surface area contributed by atoms with E-state index in [1.807, 2.05) is 75.4 Å². The van der Waals surface area contributed by atoms with E-state index in [0.717, 1.165) is 62.7 Å². The summed E-state index contributed by atoms with van der Waals surface area (Å²) in [4.78, 5) is 17.3. The van der Waals surface area contributed by atoms with Gasteiger partial charge in [0.15, 0.2) is 0 Å². The molecule has 1 aromatic heterocycles. The summed E-state index contributed by atoms with van der Waals surface area (Å²) < 4.78 is 8.27. The van der Waals surface area contributed by atoms with Crippen molar-refractivity contribution in [3.8, 4) is 5.75 Å². The van der Waals surface area contributed by atoms with Crippen LogP contribution in [0.25, 0.3) is 11.0 Å². The molecular formula is C28H30ClN3O2. The van der Waals surface area contributed by atoms with Gasteiger partial charge in [-0.1, -0.05) is 41.9 Å². The summed E-state index contributed by atoms with van der Waals surface area (Å²) in [6, 6.07) is 19.7. The van der Waals surface area contributed by atoms with Crippen LogP contribution in [0.1, 0.15) is 39.3 Å². The van der Waals surface area contributed by atoms with Gasteiger partial charge in [0.2, 0.25) is 0 Å². The second kappa shape index (κ2) is 10.7. The molecule has 4 aromatic rings. The Hall–Kier alpha value is -3.31. The highest BCUT2D eigenvalue weighted by Crippen LogP contribution is 2.26. The molecule has 34 heavy (non-hydrogen) atoms. The predicted molar refractivity (Wildman–Crippen MR) is 138 cm³/mol. The maximum Gasteiger partial charge on any atom is 0.251 e. The molecule has 176 valence electrons. The molecule has 1 amide bonds. The normalized spacial score (nSPS) is 11.1. The SMILES string of the molecule is Cc1ccccc1C(=O)NCCCc1nc2ccccc2n1CCOc1cc(C)c(Cl)c(C)c1. The molecule has 0 fully saturated rings. The van der Waals surface area contributed by atoms with Crippen LogP contribution in [0.4, 0.5) is 0 Å². The van der Waals surface area contributed by atoms with Crippen LogP contribution < -0.4 is 10.1 Å². The zero-order valence-corrected chi connectivity index (χ0v) is 20.7. The van der Waals surface area contributed by atoms with Crippen molar-refractivity contribution in [1.82, 2.24) is 14.9 Å². The lowest BCUT2D eigenvalue weighted by atomic mass is 10.1. The molecule has 0 aliphatic rings. The Morgan fingerprint density at radius 2 is 1.71 bits per heavy atom. The number of rotatable bonds is 9. The number of imidazole rings is 1. The number of nitrogens with zero attached hydrogens (tertiary/aromatic N) is 2. The first-order chi connectivity index (χ1) is 16.4. The molecule has 1 heterocycles. The van der Waals surface area contributed by atoms with Crippen LogP contribution in [-0.2, 0) is 13.0 Å². The van der Waals surface area contributed by atoms with Crippen LogP contribution in [0, 0.1) is 20.8 Å². The Morgan fingerprint density at radius 1 is 1.00 bits per heavy atom. The molecule has 3 aromatic carbocycles. The molecular weight excluding hydrogens is 446 g/mol. The van der Waals surface area contributed by atoms with E-state index in [-0.39, 0.29) is 5.91 Å². The van der Waals surface area contributed by atoms with Gasteiger partial charge in [-0.15, -0.1) is 0 Å². The minimum absolute atomic E-state index is 0.0337. The third kappa shape index (κ3) is 5.42. The van der Waals surface area contributed by atoms with Gasteiger partial charge < -0.3 is 14.6 Å². The maximum atomic E-state index is 12.5. The smallest absolute Gasteiger partial charge is 0.251 e. The Labute approximate surface area is 205 Å². The van der Waals surface area contributed by atoms with Gasteiger partial charge in [0.25, 0.3) is 5.91 Å². The van der Waals surface area contributed by atoms with E-state index in [1.54, 1.807) is 0 Å². The molecule has 0 atom stereocenters. The molecule has 0 radical (unpaired) electrons. The van der Waals surface area contributed by atoms with Gasteiger partial charge >= 0.3 is 0 Å². The molecule has 1 N–H and O–H groups in total. The number of para-hydroxylation sites is 2. The molecule has 0 spiro atoms. The van der Waals surface area contributed by atoms with Gasteiger partial charge in [-0.3, -0.25) is 4.79 Å². The molecule has 5 nitrogen and oxygen atoms in total. The van der Waals surface area contributed by atoms with Gasteiger partial charge in [-0.25, -0.2) is 4.98 Å². The van der Waals surface area contributed by atoms with Crippen molar-refractivity contribution in [1.29, 1.82) is 0 Å². The lowest BCUT2D eigenvalue weighted by molar-refractivity contribution is 0.0952. The molecule has 0 aliphatic heterocycles. The number of carbonyl (C=O) groups excluding carboxylic acids is 1. The first kappa shape index (κ1) is 23.8. The second-order valence-electron chi connectivity index (χ2n) is 8.56. The summed E-state index contributed by atoms with van der Waals surface area (Å²) in [6.07, 6.45) is 1.57. The predicted octanol–water partition coefficient (Wildman–Crippen LogP) is 6.06. The van der Waals surface area contributed by atoms with Crippen molar-refractivity contribution < 1.29 is 9.53 Å². The summed E-state index contributed by atoms with van der Waals surface area (Å²) in [7, 11) is 0. The number of fused-ring (bicyclic) bond motifs is 1. The van der Waals surface area contributed by atoms with Crippen molar-refractivity contribution in [2.24, 2.45) is 0 Å². The summed E-state index contributed by atoms with van der Waals surface area (Å²) >= 11 is 6.28. The highest BCUT2D eigenvalue weighted by atomic mass is 35.5. The standard InChI is InChI=1S/C28H30ClN3O2/c1-19-9-4-5-10-23(19)28(33)30-14-8-13-26-31-24-11-6-7-12-25(24)32(26)15-16-34-22-17-20(2)27(29)21(3)18-22/h4-7,9-12,17-18H,8,13-16H2,1-3H3,(H,30,33). The molecule has 6 heteroatoms. The third-order valence-corrected chi connectivity index (χ3v) is 6.58. The summed E-state index contributed by atoms with van der Waals surface area (Å²) in [6.45, 7) is 7.73. The zero-order valence-electron chi connectivity index (χ0n) is 19.9. The number of hydrogen-bond donors (Lipinski definition) is 1. The maximum absolute atomic E-state index is 12.5. The van der Waals surface area contributed by atoms with Crippen LogP contribution in [0.5, 0.6) is 5.75 Å². The van der Waals surface area contributed by atoms with E-state index in [0.29, 0.717) is 19.7 Å². The van der Waals surface area contributed by atoms with Crippen molar-refractivity contribution in [3.05, 3.63) is 93.8 Å². The third-order valence-electron chi connectivity index (χ3n) is 5.98. The number of ether oxygens (including phenoxy) is 1. The molecule has 0 bridgehead atoms. The van der Waals surface area contributed by atoms with Gasteiger partial charge in [0.1, 0.15) is 18.2 Å². The van der Waals surface area contributed by atoms with Gasteiger partial charge in [0, 0.05) is 23.6 Å². The number of aryl methyl sites for hydroxylation is 4. The number of halogens is 1. The van der Waals surface area contributed by atoms with Crippen molar-refractivity contribution in [2.75, 3.05) is 13.2 Å². The topological polar surface area (TPSA) is 56.2 Å². The minimum Gasteiger partial charge on any atom is -0.492 e.